The summed E-state index contributed by atoms with van der Waals surface area (Å²) in [7, 11) is -1.58. The first kappa shape index (κ1) is 23.5. The van der Waals surface area contributed by atoms with Gasteiger partial charge in [-0.1, -0.05) is 0 Å². The Labute approximate surface area is 183 Å². The van der Waals surface area contributed by atoms with Crippen molar-refractivity contribution < 1.29 is 27.4 Å². The summed E-state index contributed by atoms with van der Waals surface area (Å²) in [6.45, 7) is 5.69. The van der Waals surface area contributed by atoms with Crippen molar-refractivity contribution >= 4 is 22.6 Å². The Balaban J connectivity index is 1.47. The smallest absolute Gasteiger partial charge is 0.410 e. The van der Waals surface area contributed by atoms with Gasteiger partial charge in [0.15, 0.2) is 0 Å². The van der Waals surface area contributed by atoms with Crippen LogP contribution in [0.5, 0.6) is 0 Å². The highest BCUT2D eigenvalue weighted by Crippen LogP contribution is 2.27. The highest BCUT2D eigenvalue weighted by molar-refractivity contribution is 7.84. The molecule has 1 N–H and O–H groups in total. The first-order valence-corrected chi connectivity index (χ1v) is 11.9. The second kappa shape index (κ2) is 10.4. The van der Waals surface area contributed by atoms with E-state index in [-0.39, 0.29) is 28.9 Å². The lowest BCUT2D eigenvalue weighted by molar-refractivity contribution is -0.0415. The van der Waals surface area contributed by atoms with E-state index < -0.39 is 22.4 Å². The zero-order chi connectivity index (χ0) is 22.5. The van der Waals surface area contributed by atoms with Gasteiger partial charge in [-0.2, -0.15) is 0 Å². The van der Waals surface area contributed by atoms with Crippen LogP contribution >= 0.6 is 0 Å². The van der Waals surface area contributed by atoms with E-state index in [2.05, 4.69) is 5.48 Å². The minimum absolute atomic E-state index is 0.0176. The predicted molar refractivity (Wildman–Crippen MR) is 114 cm³/mol. The third kappa shape index (κ3) is 6.16. The number of hydroxylamine groups is 1. The first-order chi connectivity index (χ1) is 14.7. The van der Waals surface area contributed by atoms with Crippen molar-refractivity contribution in [2.24, 2.45) is 0 Å². The number of hydrogen-bond donors (Lipinski definition) is 1. The zero-order valence-corrected chi connectivity index (χ0v) is 18.8. The first-order valence-electron chi connectivity index (χ1n) is 10.4. The molecule has 0 aromatic heterocycles. The second-order valence-corrected chi connectivity index (χ2v) is 9.30. The molecule has 10 heteroatoms. The topological polar surface area (TPSA) is 71.1 Å². The number of nitrogens with zero attached hydrogens (tertiary/aromatic N) is 2. The summed E-state index contributed by atoms with van der Waals surface area (Å²) in [4.78, 5) is 21.0. The third-order valence-electron chi connectivity index (χ3n) is 5.25. The predicted octanol–water partition coefficient (Wildman–Crippen LogP) is 3.33. The second-order valence-electron chi connectivity index (χ2n) is 7.95. The molecule has 1 fully saturated rings. The van der Waals surface area contributed by atoms with Gasteiger partial charge in [0, 0.05) is 50.6 Å². The molecule has 1 atom stereocenters. The maximum absolute atomic E-state index is 14.4. The SMILES string of the molecule is CC(C)OC(=O)N1CCC(ONC2=CCN(c3cc(F)c(S(C)=O)cc3F)CC2)CC1. The highest BCUT2D eigenvalue weighted by Gasteiger charge is 2.26. The van der Waals surface area contributed by atoms with Gasteiger partial charge < -0.3 is 14.5 Å². The Hall–Kier alpha value is -2.20. The Morgan fingerprint density at radius 3 is 2.48 bits per heavy atom. The summed E-state index contributed by atoms with van der Waals surface area (Å²) in [6.07, 6.45) is 4.74. The molecule has 3 rings (SSSR count). The fourth-order valence-electron chi connectivity index (χ4n) is 3.55. The number of hydrogen-bond acceptors (Lipinski definition) is 6. The minimum Gasteiger partial charge on any atom is -0.447 e. The normalized spacial score (nSPS) is 18.7. The molecule has 0 spiro atoms. The summed E-state index contributed by atoms with van der Waals surface area (Å²) in [6, 6.07) is 2.11. The molecule has 0 bridgehead atoms. The Kier molecular flexibility index (Phi) is 7.88. The van der Waals surface area contributed by atoms with Crippen molar-refractivity contribution in [2.75, 3.05) is 37.3 Å². The molecule has 0 aliphatic carbocycles. The number of piperidine rings is 1. The molecule has 31 heavy (non-hydrogen) atoms. The average Bonchev–Trinajstić information content (AvgIpc) is 2.73. The van der Waals surface area contributed by atoms with Crippen LogP contribution in [-0.2, 0) is 20.4 Å². The molecule has 0 radical (unpaired) electrons. The lowest BCUT2D eigenvalue weighted by Gasteiger charge is -2.33. The van der Waals surface area contributed by atoms with E-state index in [4.69, 9.17) is 9.57 Å². The summed E-state index contributed by atoms with van der Waals surface area (Å²) >= 11 is 0. The van der Waals surface area contributed by atoms with Crippen molar-refractivity contribution in [2.45, 2.75) is 50.2 Å². The molecule has 1 aromatic rings. The highest BCUT2D eigenvalue weighted by atomic mass is 32.2. The van der Waals surface area contributed by atoms with Gasteiger partial charge in [0.25, 0.3) is 0 Å². The molecule has 1 saturated heterocycles. The van der Waals surface area contributed by atoms with Gasteiger partial charge in [0.1, 0.15) is 11.6 Å². The van der Waals surface area contributed by atoms with Gasteiger partial charge >= 0.3 is 6.09 Å². The molecule has 2 aliphatic heterocycles. The van der Waals surface area contributed by atoms with Crippen LogP contribution in [0.1, 0.15) is 33.1 Å². The van der Waals surface area contributed by atoms with Gasteiger partial charge in [-0.25, -0.2) is 13.6 Å². The quantitative estimate of drug-likeness (QED) is 0.661. The number of carbonyl (C=O) groups is 1. The number of amides is 1. The molecule has 2 aliphatic rings. The van der Waals surface area contributed by atoms with Crippen molar-refractivity contribution in [3.05, 3.63) is 35.5 Å². The van der Waals surface area contributed by atoms with Gasteiger partial charge in [0.2, 0.25) is 0 Å². The average molecular weight is 458 g/mol. The van der Waals surface area contributed by atoms with E-state index in [0.29, 0.717) is 45.4 Å². The van der Waals surface area contributed by atoms with Crippen LogP contribution in [0.15, 0.2) is 28.8 Å². The number of carbonyl (C=O) groups excluding carboxylic acids is 1. The van der Waals surface area contributed by atoms with E-state index in [0.717, 1.165) is 17.8 Å². The monoisotopic (exact) mass is 457 g/mol. The number of benzene rings is 1. The largest absolute Gasteiger partial charge is 0.447 e. The molecular weight excluding hydrogens is 428 g/mol. The van der Waals surface area contributed by atoms with E-state index >= 15 is 0 Å². The molecule has 2 heterocycles. The van der Waals surface area contributed by atoms with Crippen LogP contribution in [0.3, 0.4) is 0 Å². The summed E-state index contributed by atoms with van der Waals surface area (Å²) in [5.41, 5.74) is 4.02. The van der Waals surface area contributed by atoms with Crippen LogP contribution < -0.4 is 10.4 Å². The summed E-state index contributed by atoms with van der Waals surface area (Å²) < 4.78 is 45.2. The fraction of sp³-hybridized carbons (Fsp3) is 0.571. The maximum Gasteiger partial charge on any atom is 0.410 e. The molecule has 7 nitrogen and oxygen atoms in total. The number of likely N-dealkylation sites (tertiary alicyclic amines) is 1. The van der Waals surface area contributed by atoms with E-state index in [1.165, 1.54) is 6.26 Å². The summed E-state index contributed by atoms with van der Waals surface area (Å²) in [5, 5.41) is 0. The Morgan fingerprint density at radius 1 is 1.19 bits per heavy atom. The molecule has 1 amide bonds. The third-order valence-corrected chi connectivity index (χ3v) is 6.19. The number of nitrogens with one attached hydrogen (secondary N) is 1. The summed E-state index contributed by atoms with van der Waals surface area (Å²) in [5.74, 6) is -1.26. The molecular formula is C21H29F2N3O4S. The Morgan fingerprint density at radius 2 is 1.90 bits per heavy atom. The van der Waals surface area contributed by atoms with E-state index in [1.54, 1.807) is 9.80 Å². The lowest BCUT2D eigenvalue weighted by Crippen LogP contribution is -2.43. The number of anilines is 1. The van der Waals surface area contributed by atoms with Crippen LogP contribution in [-0.4, -0.2) is 59.8 Å². The van der Waals surface area contributed by atoms with E-state index in [9.17, 15) is 17.8 Å². The van der Waals surface area contributed by atoms with Crippen molar-refractivity contribution in [1.29, 1.82) is 0 Å². The zero-order valence-electron chi connectivity index (χ0n) is 18.0. The van der Waals surface area contributed by atoms with Gasteiger partial charge in [0.05, 0.1) is 33.6 Å². The van der Waals surface area contributed by atoms with Gasteiger partial charge in [-0.15, -0.1) is 0 Å². The lowest BCUT2D eigenvalue weighted by atomic mass is 10.1. The molecule has 0 saturated carbocycles. The fourth-order valence-corrected chi connectivity index (χ4v) is 4.16. The van der Waals surface area contributed by atoms with Crippen molar-refractivity contribution in [1.82, 2.24) is 10.4 Å². The van der Waals surface area contributed by atoms with Crippen LogP contribution in [0.2, 0.25) is 0 Å². The van der Waals surface area contributed by atoms with Crippen molar-refractivity contribution in [3.63, 3.8) is 0 Å². The Bertz CT molecular complexity index is 857. The van der Waals surface area contributed by atoms with Gasteiger partial charge in [-0.05, 0) is 38.8 Å². The van der Waals surface area contributed by atoms with Crippen LogP contribution in [0.4, 0.5) is 19.3 Å². The molecule has 1 unspecified atom stereocenters. The van der Waals surface area contributed by atoms with E-state index in [1.807, 2.05) is 19.9 Å². The number of halogens is 2. The number of rotatable bonds is 6. The van der Waals surface area contributed by atoms with Crippen LogP contribution in [0.25, 0.3) is 0 Å². The minimum atomic E-state index is -1.58. The molecule has 172 valence electrons. The standard InChI is InChI=1S/C21H29F2N3O4S/c1-14(2)29-21(27)26-10-6-16(7-11-26)30-24-15-4-8-25(9-5-15)19-12-18(23)20(31(3)28)13-17(19)22/h4,12-14,16,24H,5-11H2,1-3H3. The van der Waals surface area contributed by atoms with Crippen molar-refractivity contribution in [3.8, 4) is 0 Å². The maximum atomic E-state index is 14.4. The van der Waals surface area contributed by atoms with Crippen LogP contribution in [0, 0.1) is 11.6 Å². The molecule has 1 aromatic carbocycles. The van der Waals surface area contributed by atoms with Gasteiger partial charge in [-0.3, -0.25) is 14.5 Å². The number of ether oxygens (including phenoxy) is 1.